The molecule has 0 bridgehead atoms. The molecule has 1 amide bonds. The van der Waals surface area contributed by atoms with Crippen LogP contribution in [-0.4, -0.2) is 77.2 Å². The average molecular weight is 585 g/mol. The van der Waals surface area contributed by atoms with Gasteiger partial charge in [0.15, 0.2) is 11.9 Å². The zero-order valence-electron chi connectivity index (χ0n) is 24.1. The molecule has 10 nitrogen and oxygen atoms in total. The van der Waals surface area contributed by atoms with E-state index >= 15 is 0 Å². The number of carboxylic acid groups (broad SMARTS) is 1. The molecular formula is C29H43ClNO9-. The fourth-order valence-corrected chi connectivity index (χ4v) is 4.58. The van der Waals surface area contributed by atoms with E-state index in [0.29, 0.717) is 5.56 Å². The van der Waals surface area contributed by atoms with Gasteiger partial charge in [-0.15, -0.1) is 0 Å². The number of unbranched alkanes of at least 4 members (excludes halogenated alkanes) is 1. The summed E-state index contributed by atoms with van der Waals surface area (Å²) < 4.78 is 10.8. The van der Waals surface area contributed by atoms with Gasteiger partial charge < -0.3 is 40.0 Å². The van der Waals surface area contributed by atoms with Gasteiger partial charge in [-0.3, -0.25) is 9.59 Å². The van der Waals surface area contributed by atoms with Gasteiger partial charge in [0.05, 0.1) is 23.1 Å². The number of aliphatic hydroxyl groups excluding tert-OH is 2. The van der Waals surface area contributed by atoms with Gasteiger partial charge in [0.2, 0.25) is 0 Å². The molecule has 1 aromatic carbocycles. The average Bonchev–Trinajstić information content (AvgIpc) is 2.92. The molecule has 7 atom stereocenters. The van der Waals surface area contributed by atoms with Crippen LogP contribution in [0, 0.1) is 11.8 Å². The number of phenolic OH excluding ortho intramolecular Hbond substituents is 1. The Labute approximate surface area is 241 Å². The van der Waals surface area contributed by atoms with E-state index in [1.165, 1.54) is 38.3 Å². The minimum atomic E-state index is -1.61. The molecule has 0 spiro atoms. The third-order valence-corrected chi connectivity index (χ3v) is 7.20. The second-order valence-corrected chi connectivity index (χ2v) is 10.5. The van der Waals surface area contributed by atoms with Crippen LogP contribution in [0.4, 0.5) is 0 Å². The SMILES string of the molecule is CCCC[C@@H](C)[C@H](O)[C@H](C)C(=O)/C(C)=C/C(OC)[C@@H](O)C(OCC)C(=O)N[C@H](Cc1ccc(O)c(Cl)c1)C(=O)[O-]. The van der Waals surface area contributed by atoms with Crippen LogP contribution in [0.25, 0.3) is 0 Å². The second kappa shape index (κ2) is 17.3. The molecule has 226 valence electrons. The number of nitrogens with one attached hydrogen (secondary N) is 1. The van der Waals surface area contributed by atoms with E-state index in [-0.39, 0.29) is 41.1 Å². The maximum atomic E-state index is 13.1. The van der Waals surface area contributed by atoms with Crippen LogP contribution >= 0.6 is 11.6 Å². The number of hydrogen-bond acceptors (Lipinski definition) is 9. The molecule has 0 heterocycles. The van der Waals surface area contributed by atoms with Crippen molar-refractivity contribution < 1.29 is 44.3 Å². The lowest BCUT2D eigenvalue weighted by Crippen LogP contribution is -2.56. The molecule has 0 aliphatic rings. The normalized spacial score (nSPS) is 17.3. The number of carbonyl (C=O) groups is 3. The number of hydrogen-bond donors (Lipinski definition) is 4. The predicted octanol–water partition coefficient (Wildman–Crippen LogP) is 1.94. The summed E-state index contributed by atoms with van der Waals surface area (Å²) in [5, 5.41) is 45.4. The molecule has 11 heteroatoms. The number of phenols is 1. The molecule has 40 heavy (non-hydrogen) atoms. The van der Waals surface area contributed by atoms with Crippen molar-refractivity contribution in [2.75, 3.05) is 13.7 Å². The highest BCUT2D eigenvalue weighted by Crippen LogP contribution is 2.25. The van der Waals surface area contributed by atoms with Crippen molar-refractivity contribution in [2.45, 2.75) is 90.8 Å². The smallest absolute Gasteiger partial charge is 0.252 e. The molecule has 0 aromatic heterocycles. The van der Waals surface area contributed by atoms with Crippen LogP contribution < -0.4 is 10.4 Å². The first-order valence-electron chi connectivity index (χ1n) is 13.5. The summed E-state index contributed by atoms with van der Waals surface area (Å²) in [4.78, 5) is 37.9. The van der Waals surface area contributed by atoms with Crippen molar-refractivity contribution in [1.82, 2.24) is 5.32 Å². The van der Waals surface area contributed by atoms with Crippen LogP contribution in [0.3, 0.4) is 0 Å². The van der Waals surface area contributed by atoms with Crippen LogP contribution in [0.2, 0.25) is 5.02 Å². The minimum absolute atomic E-state index is 0.00956. The lowest BCUT2D eigenvalue weighted by molar-refractivity contribution is -0.308. The maximum Gasteiger partial charge on any atom is 0.252 e. The number of aromatic hydroxyl groups is 1. The summed E-state index contributed by atoms with van der Waals surface area (Å²) in [6, 6.07) is 2.61. The molecule has 0 radical (unpaired) electrons. The lowest BCUT2D eigenvalue weighted by Gasteiger charge is -2.29. The van der Waals surface area contributed by atoms with Crippen molar-refractivity contribution in [3.05, 3.63) is 40.4 Å². The Morgan fingerprint density at radius 1 is 1.15 bits per heavy atom. The quantitative estimate of drug-likeness (QED) is 0.189. The van der Waals surface area contributed by atoms with Crippen molar-refractivity contribution in [3.63, 3.8) is 0 Å². The van der Waals surface area contributed by atoms with E-state index in [1.807, 2.05) is 6.92 Å². The minimum Gasteiger partial charge on any atom is -0.548 e. The van der Waals surface area contributed by atoms with E-state index < -0.39 is 48.3 Å². The summed E-state index contributed by atoms with van der Waals surface area (Å²) >= 11 is 5.89. The third kappa shape index (κ3) is 10.5. The number of allylic oxidation sites excluding steroid dienone is 1. The fourth-order valence-electron chi connectivity index (χ4n) is 4.38. The second-order valence-electron chi connectivity index (χ2n) is 10.0. The molecule has 1 rings (SSSR count). The number of ketones is 1. The van der Waals surface area contributed by atoms with Crippen LogP contribution in [0.15, 0.2) is 29.8 Å². The Hall–Kier alpha value is -2.50. The van der Waals surface area contributed by atoms with Gasteiger partial charge in [-0.05, 0) is 62.0 Å². The van der Waals surface area contributed by atoms with Crippen molar-refractivity contribution in [1.29, 1.82) is 0 Å². The van der Waals surface area contributed by atoms with Crippen molar-refractivity contribution >= 4 is 29.3 Å². The number of ether oxygens (including phenoxy) is 2. The number of rotatable bonds is 18. The van der Waals surface area contributed by atoms with E-state index in [9.17, 15) is 34.8 Å². The predicted molar refractivity (Wildman–Crippen MR) is 149 cm³/mol. The molecule has 0 saturated heterocycles. The number of benzene rings is 1. The Morgan fingerprint density at radius 3 is 2.33 bits per heavy atom. The number of carbonyl (C=O) groups excluding carboxylic acids is 3. The fraction of sp³-hybridized carbons (Fsp3) is 0.621. The van der Waals surface area contributed by atoms with Crippen molar-refractivity contribution in [3.8, 4) is 5.75 Å². The van der Waals surface area contributed by atoms with E-state index in [0.717, 1.165) is 19.3 Å². The number of Topliss-reactive ketones (excluding diaryl/α,β-unsaturated/α-hetero) is 1. The highest BCUT2D eigenvalue weighted by Gasteiger charge is 2.35. The van der Waals surface area contributed by atoms with E-state index in [4.69, 9.17) is 21.1 Å². The Balaban J connectivity index is 3.07. The zero-order valence-corrected chi connectivity index (χ0v) is 24.8. The first kappa shape index (κ1) is 35.5. The summed E-state index contributed by atoms with van der Waals surface area (Å²) in [5.41, 5.74) is 0.644. The van der Waals surface area contributed by atoms with Gasteiger partial charge in [-0.1, -0.05) is 51.3 Å². The summed E-state index contributed by atoms with van der Waals surface area (Å²) in [6.45, 7) is 8.73. The molecule has 1 aromatic rings. The highest BCUT2D eigenvalue weighted by atomic mass is 35.5. The van der Waals surface area contributed by atoms with Gasteiger partial charge in [-0.2, -0.15) is 0 Å². The van der Waals surface area contributed by atoms with Crippen LogP contribution in [0.1, 0.15) is 59.4 Å². The topological polar surface area (TPSA) is 165 Å². The Kier molecular flexibility index (Phi) is 15.4. The van der Waals surface area contributed by atoms with Gasteiger partial charge in [0.1, 0.15) is 18.0 Å². The van der Waals surface area contributed by atoms with Gasteiger partial charge in [-0.25, -0.2) is 0 Å². The number of aliphatic carboxylic acids is 1. The Bertz CT molecular complexity index is 1020. The number of carboxylic acids is 1. The van der Waals surface area contributed by atoms with E-state index in [1.54, 1.807) is 13.8 Å². The van der Waals surface area contributed by atoms with Crippen LogP contribution in [-0.2, 0) is 30.3 Å². The molecular weight excluding hydrogens is 542 g/mol. The maximum absolute atomic E-state index is 13.1. The van der Waals surface area contributed by atoms with E-state index in [2.05, 4.69) is 12.2 Å². The number of amides is 1. The molecule has 0 saturated carbocycles. The monoisotopic (exact) mass is 584 g/mol. The molecule has 4 N–H and O–H groups in total. The first-order chi connectivity index (χ1) is 18.8. The number of aliphatic hydroxyl groups is 2. The Morgan fingerprint density at radius 2 is 1.80 bits per heavy atom. The molecule has 0 aliphatic heterocycles. The molecule has 0 fully saturated rings. The highest BCUT2D eigenvalue weighted by molar-refractivity contribution is 6.32. The number of halogens is 1. The molecule has 0 aliphatic carbocycles. The first-order valence-corrected chi connectivity index (χ1v) is 13.9. The summed E-state index contributed by atoms with van der Waals surface area (Å²) in [6.07, 6.45) is -1.30. The van der Waals surface area contributed by atoms with Gasteiger partial charge >= 0.3 is 0 Å². The molecule has 2 unspecified atom stereocenters. The zero-order chi connectivity index (χ0) is 30.6. The van der Waals surface area contributed by atoms with Crippen LogP contribution in [0.5, 0.6) is 5.75 Å². The lowest BCUT2D eigenvalue weighted by atomic mass is 9.85. The third-order valence-electron chi connectivity index (χ3n) is 6.90. The van der Waals surface area contributed by atoms with Gasteiger partial charge in [0.25, 0.3) is 5.91 Å². The van der Waals surface area contributed by atoms with Crippen molar-refractivity contribution in [2.24, 2.45) is 11.8 Å². The largest absolute Gasteiger partial charge is 0.548 e. The standard InChI is InChI=1S/C29H44ClNO9/c1-7-9-10-16(3)24(33)18(5)25(34)17(4)13-23(39-6)26(35)27(40-8-2)28(36)31-21(29(37)38)15-19-11-12-22(32)20(30)14-19/h11-14,16,18,21,23-24,26-27,32-33,35H,7-10,15H2,1-6H3,(H,31,36)(H,37,38)/p-1/b17-13+/t16-,18+,21-,23?,24+,26-,27?/m1/s1. The number of methoxy groups -OCH3 is 1. The summed E-state index contributed by atoms with van der Waals surface area (Å²) in [7, 11) is 1.28. The summed E-state index contributed by atoms with van der Waals surface area (Å²) in [5.74, 6) is -3.78. The van der Waals surface area contributed by atoms with Gasteiger partial charge in [0, 0.05) is 19.6 Å².